The topological polar surface area (TPSA) is 69.4 Å². The first kappa shape index (κ1) is 12.5. The Balaban J connectivity index is 2.28. The van der Waals surface area contributed by atoms with E-state index in [2.05, 4.69) is 0 Å². The Bertz CT molecular complexity index is 611. The molecule has 2 aromatic rings. The number of nitrogens with zero attached hydrogens (tertiary/aromatic N) is 1. The van der Waals surface area contributed by atoms with Gasteiger partial charge in [-0.05, 0) is 18.2 Å². The normalized spacial score (nSPS) is 10.1. The fourth-order valence-corrected chi connectivity index (χ4v) is 2.19. The van der Waals surface area contributed by atoms with Crippen molar-refractivity contribution in [2.24, 2.45) is 0 Å². The molecule has 0 N–H and O–H groups in total. The zero-order valence-corrected chi connectivity index (χ0v) is 10.4. The first-order valence-electron chi connectivity index (χ1n) is 4.76. The molecule has 1 aromatic heterocycles. The average molecular weight is 284 g/mol. The van der Waals surface area contributed by atoms with Crippen LogP contribution in [-0.2, 0) is 0 Å². The number of nitro groups is 1. The van der Waals surface area contributed by atoms with Gasteiger partial charge in [0.1, 0.15) is 5.75 Å². The Morgan fingerprint density at radius 1 is 1.33 bits per heavy atom. The highest BCUT2D eigenvalue weighted by Crippen LogP contribution is 2.32. The van der Waals surface area contributed by atoms with Crippen molar-refractivity contribution in [1.29, 1.82) is 0 Å². The van der Waals surface area contributed by atoms with E-state index < -0.39 is 4.92 Å². The molecule has 0 unspecified atom stereocenters. The summed E-state index contributed by atoms with van der Waals surface area (Å²) in [6.07, 6.45) is 0.706. The summed E-state index contributed by atoms with van der Waals surface area (Å²) in [5, 5.41) is 11.3. The number of non-ortho nitro benzene ring substituents is 1. The molecular formula is C11H6ClNO4S. The number of hydrogen-bond donors (Lipinski definition) is 0. The van der Waals surface area contributed by atoms with E-state index in [1.54, 1.807) is 12.1 Å². The van der Waals surface area contributed by atoms with Gasteiger partial charge in [0.2, 0.25) is 0 Å². The number of benzene rings is 1. The second kappa shape index (κ2) is 5.16. The van der Waals surface area contributed by atoms with Crippen LogP contribution in [0, 0.1) is 10.1 Å². The van der Waals surface area contributed by atoms with Crippen LogP contribution < -0.4 is 4.74 Å². The zero-order chi connectivity index (χ0) is 13.1. The van der Waals surface area contributed by atoms with Crippen molar-refractivity contribution in [2.75, 3.05) is 0 Å². The Hall–Kier alpha value is -1.92. The van der Waals surface area contributed by atoms with Gasteiger partial charge in [0.05, 0.1) is 20.9 Å². The second-order valence-corrected chi connectivity index (χ2v) is 4.79. The Morgan fingerprint density at radius 2 is 2.11 bits per heavy atom. The van der Waals surface area contributed by atoms with Gasteiger partial charge in [-0.2, -0.15) is 0 Å². The lowest BCUT2D eigenvalue weighted by Crippen LogP contribution is -1.89. The molecule has 0 saturated heterocycles. The van der Waals surface area contributed by atoms with Crippen molar-refractivity contribution in [3.8, 4) is 10.8 Å². The molecule has 18 heavy (non-hydrogen) atoms. The van der Waals surface area contributed by atoms with E-state index in [0.29, 0.717) is 16.2 Å². The minimum Gasteiger partial charge on any atom is -0.446 e. The zero-order valence-electron chi connectivity index (χ0n) is 8.83. The van der Waals surface area contributed by atoms with Crippen LogP contribution in [0.4, 0.5) is 5.69 Å². The number of ether oxygens (including phenoxy) is 1. The first-order valence-corrected chi connectivity index (χ1v) is 5.96. The molecule has 0 aliphatic carbocycles. The van der Waals surface area contributed by atoms with E-state index in [4.69, 9.17) is 16.3 Å². The molecular weight excluding hydrogens is 278 g/mol. The summed E-state index contributed by atoms with van der Waals surface area (Å²) in [6, 6.07) is 7.19. The Kier molecular flexibility index (Phi) is 3.59. The van der Waals surface area contributed by atoms with E-state index in [0.717, 1.165) is 11.3 Å². The van der Waals surface area contributed by atoms with Crippen LogP contribution in [0.15, 0.2) is 30.3 Å². The maximum atomic E-state index is 10.7. The molecule has 5 nitrogen and oxygen atoms in total. The average Bonchev–Trinajstić information content (AvgIpc) is 2.76. The first-order chi connectivity index (χ1) is 8.58. The molecule has 7 heteroatoms. The van der Waals surface area contributed by atoms with Gasteiger partial charge in [-0.1, -0.05) is 22.9 Å². The standard InChI is InChI=1S/C11H6ClNO4S/c12-7-3-8(13(15)16)5-9(4-7)17-11-2-1-10(6-14)18-11/h1-6H. The summed E-state index contributed by atoms with van der Waals surface area (Å²) in [4.78, 5) is 21.1. The molecule has 0 amide bonds. The number of rotatable bonds is 4. The number of aldehydes is 1. The van der Waals surface area contributed by atoms with E-state index in [1.165, 1.54) is 18.2 Å². The maximum absolute atomic E-state index is 10.7. The number of halogens is 1. The van der Waals surface area contributed by atoms with Gasteiger partial charge in [0.25, 0.3) is 5.69 Å². The van der Waals surface area contributed by atoms with Gasteiger partial charge in [-0.3, -0.25) is 14.9 Å². The smallest absolute Gasteiger partial charge is 0.274 e. The quantitative estimate of drug-likeness (QED) is 0.484. The highest BCUT2D eigenvalue weighted by molar-refractivity contribution is 7.15. The van der Waals surface area contributed by atoms with Crippen molar-refractivity contribution < 1.29 is 14.5 Å². The molecule has 0 atom stereocenters. The number of nitro benzene ring substituents is 1. The molecule has 1 heterocycles. The van der Waals surface area contributed by atoms with Gasteiger partial charge in [0, 0.05) is 6.07 Å². The molecule has 1 aromatic carbocycles. The summed E-state index contributed by atoms with van der Waals surface area (Å²) in [6.45, 7) is 0. The third kappa shape index (κ3) is 2.85. The maximum Gasteiger partial charge on any atom is 0.274 e. The van der Waals surface area contributed by atoms with Gasteiger partial charge in [0.15, 0.2) is 11.3 Å². The lowest BCUT2D eigenvalue weighted by atomic mass is 10.3. The van der Waals surface area contributed by atoms with Gasteiger partial charge >= 0.3 is 0 Å². The number of carbonyl (C=O) groups excluding carboxylic acids is 1. The molecule has 0 bridgehead atoms. The van der Waals surface area contributed by atoms with Crippen LogP contribution in [0.2, 0.25) is 5.02 Å². The van der Waals surface area contributed by atoms with Crippen LogP contribution in [-0.4, -0.2) is 11.2 Å². The number of carbonyl (C=O) groups is 1. The lowest BCUT2D eigenvalue weighted by molar-refractivity contribution is -0.384. The number of thiophene rings is 1. The summed E-state index contributed by atoms with van der Waals surface area (Å²) in [5.41, 5.74) is -0.148. The second-order valence-electron chi connectivity index (χ2n) is 3.28. The molecule has 0 radical (unpaired) electrons. The van der Waals surface area contributed by atoms with Gasteiger partial charge in [-0.25, -0.2) is 0 Å². The molecule has 0 fully saturated rings. The Morgan fingerprint density at radius 3 is 2.72 bits per heavy atom. The minimum atomic E-state index is -0.552. The van der Waals surface area contributed by atoms with E-state index in [1.807, 2.05) is 0 Å². The molecule has 0 spiro atoms. The Labute approximate surface area is 111 Å². The fourth-order valence-electron chi connectivity index (χ4n) is 1.28. The molecule has 92 valence electrons. The van der Waals surface area contributed by atoms with Crippen LogP contribution in [0.5, 0.6) is 10.8 Å². The minimum absolute atomic E-state index is 0.148. The predicted molar refractivity (Wildman–Crippen MR) is 67.9 cm³/mol. The fraction of sp³-hybridized carbons (Fsp3) is 0. The van der Waals surface area contributed by atoms with Crippen LogP contribution in [0.3, 0.4) is 0 Å². The number of hydrogen-bond acceptors (Lipinski definition) is 5. The van der Waals surface area contributed by atoms with Crippen molar-refractivity contribution in [3.63, 3.8) is 0 Å². The third-order valence-electron chi connectivity index (χ3n) is 2.00. The van der Waals surface area contributed by atoms with Crippen molar-refractivity contribution in [1.82, 2.24) is 0 Å². The van der Waals surface area contributed by atoms with Crippen LogP contribution in [0.25, 0.3) is 0 Å². The summed E-state index contributed by atoms with van der Waals surface area (Å²) in [5.74, 6) is 0.258. The largest absolute Gasteiger partial charge is 0.446 e. The van der Waals surface area contributed by atoms with E-state index in [-0.39, 0.29) is 16.5 Å². The molecule has 0 aliphatic heterocycles. The van der Waals surface area contributed by atoms with Crippen molar-refractivity contribution in [3.05, 3.63) is 50.3 Å². The molecule has 2 rings (SSSR count). The van der Waals surface area contributed by atoms with Crippen molar-refractivity contribution in [2.45, 2.75) is 0 Å². The van der Waals surface area contributed by atoms with Crippen molar-refractivity contribution >= 4 is 34.9 Å². The van der Waals surface area contributed by atoms with Gasteiger partial charge in [-0.15, -0.1) is 0 Å². The highest BCUT2D eigenvalue weighted by atomic mass is 35.5. The van der Waals surface area contributed by atoms with E-state index >= 15 is 0 Å². The van der Waals surface area contributed by atoms with Crippen LogP contribution in [0.1, 0.15) is 9.67 Å². The molecule has 0 saturated carbocycles. The summed E-state index contributed by atoms with van der Waals surface area (Å²) < 4.78 is 5.40. The summed E-state index contributed by atoms with van der Waals surface area (Å²) >= 11 is 6.90. The monoisotopic (exact) mass is 283 g/mol. The SMILES string of the molecule is O=Cc1ccc(Oc2cc(Cl)cc([N+](=O)[O-])c2)s1. The predicted octanol–water partition coefficient (Wildman–Crippen LogP) is 3.91. The van der Waals surface area contributed by atoms with Gasteiger partial charge < -0.3 is 4.74 Å². The highest BCUT2D eigenvalue weighted by Gasteiger charge is 2.11. The molecule has 0 aliphatic rings. The van der Waals surface area contributed by atoms with E-state index in [9.17, 15) is 14.9 Å². The third-order valence-corrected chi connectivity index (χ3v) is 3.11. The van der Waals surface area contributed by atoms with Crippen LogP contribution >= 0.6 is 22.9 Å². The lowest BCUT2D eigenvalue weighted by Gasteiger charge is -2.03. The summed E-state index contributed by atoms with van der Waals surface area (Å²) in [7, 11) is 0.